The van der Waals surface area contributed by atoms with Crippen LogP contribution < -0.4 is 5.32 Å². The van der Waals surface area contributed by atoms with Gasteiger partial charge < -0.3 is 14.6 Å². The molecule has 3 aromatic carbocycles. The fraction of sp³-hybridized carbons (Fsp3) is 0.212. The molecular weight excluding hydrogens is 567 g/mol. The number of aliphatic imine (C=N–C) groups is 1. The number of furan rings is 1. The molecule has 1 N–H and O–H groups in total. The number of likely N-dealkylation sites (tertiary alicyclic amines) is 1. The van der Waals surface area contributed by atoms with Gasteiger partial charge in [-0.2, -0.15) is 0 Å². The average Bonchev–Trinajstić information content (AvgIpc) is 3.77. The molecular formula is C33H29FN4O4S. The maximum atomic E-state index is 13.8. The van der Waals surface area contributed by atoms with Crippen LogP contribution in [0.15, 0.2) is 107 Å². The number of carbonyl (C=O) groups is 3. The van der Waals surface area contributed by atoms with Gasteiger partial charge in [-0.15, -0.1) is 0 Å². The molecule has 43 heavy (non-hydrogen) atoms. The third-order valence-corrected chi connectivity index (χ3v) is 8.66. The SMILES string of the molecule is O=C(Nc1ccc(C2S/C(=N\c3cccc(F)c3)N(Cc3ccco3)C2=O)cc1)[C@@H]1CCCN1C(=O)Cc1ccccc1. The van der Waals surface area contributed by atoms with E-state index in [1.807, 2.05) is 30.3 Å². The highest BCUT2D eigenvalue weighted by Gasteiger charge is 2.40. The lowest BCUT2D eigenvalue weighted by molar-refractivity contribution is -0.136. The largest absolute Gasteiger partial charge is 0.467 e. The highest BCUT2D eigenvalue weighted by Crippen LogP contribution is 2.41. The van der Waals surface area contributed by atoms with Gasteiger partial charge in [0.2, 0.25) is 17.7 Å². The van der Waals surface area contributed by atoms with Crippen LogP contribution in [0.4, 0.5) is 15.8 Å². The van der Waals surface area contributed by atoms with Crippen LogP contribution in [0.5, 0.6) is 0 Å². The van der Waals surface area contributed by atoms with E-state index in [9.17, 15) is 18.8 Å². The minimum Gasteiger partial charge on any atom is -0.467 e. The van der Waals surface area contributed by atoms with Gasteiger partial charge in [-0.1, -0.05) is 60.3 Å². The molecule has 6 rings (SSSR count). The normalized spacial score (nSPS) is 19.3. The molecule has 10 heteroatoms. The van der Waals surface area contributed by atoms with Crippen molar-refractivity contribution < 1.29 is 23.2 Å². The topological polar surface area (TPSA) is 95.2 Å². The molecule has 8 nitrogen and oxygen atoms in total. The van der Waals surface area contributed by atoms with Gasteiger partial charge in [0, 0.05) is 12.2 Å². The highest BCUT2D eigenvalue weighted by atomic mass is 32.2. The monoisotopic (exact) mass is 596 g/mol. The smallest absolute Gasteiger partial charge is 0.247 e. The fourth-order valence-corrected chi connectivity index (χ4v) is 6.46. The van der Waals surface area contributed by atoms with Gasteiger partial charge in [0.25, 0.3) is 0 Å². The second-order valence-corrected chi connectivity index (χ2v) is 11.5. The van der Waals surface area contributed by atoms with Gasteiger partial charge in [0.15, 0.2) is 5.17 Å². The van der Waals surface area contributed by atoms with E-state index in [1.54, 1.807) is 59.7 Å². The number of halogens is 1. The van der Waals surface area contributed by atoms with Gasteiger partial charge in [-0.3, -0.25) is 19.3 Å². The van der Waals surface area contributed by atoms with Crippen LogP contribution in [0, 0.1) is 5.82 Å². The van der Waals surface area contributed by atoms with E-state index < -0.39 is 17.1 Å². The van der Waals surface area contributed by atoms with Crippen molar-refractivity contribution in [3.63, 3.8) is 0 Å². The predicted octanol–water partition coefficient (Wildman–Crippen LogP) is 6.10. The molecule has 0 aliphatic carbocycles. The molecule has 2 fully saturated rings. The Kier molecular flexibility index (Phi) is 8.37. The van der Waals surface area contributed by atoms with Crippen molar-refractivity contribution in [2.75, 3.05) is 11.9 Å². The van der Waals surface area contributed by atoms with Crippen molar-refractivity contribution in [2.45, 2.75) is 37.1 Å². The molecule has 3 heterocycles. The second kappa shape index (κ2) is 12.7. The number of amides is 3. The number of thioether (sulfide) groups is 1. The Morgan fingerprint density at radius 2 is 1.81 bits per heavy atom. The molecule has 2 atom stereocenters. The molecule has 4 aromatic rings. The summed E-state index contributed by atoms with van der Waals surface area (Å²) in [6.07, 6.45) is 3.18. The number of nitrogens with zero attached hydrogens (tertiary/aromatic N) is 3. The van der Waals surface area contributed by atoms with Crippen LogP contribution in [-0.4, -0.2) is 45.3 Å². The molecule has 0 radical (unpaired) electrons. The van der Waals surface area contributed by atoms with Gasteiger partial charge in [-0.25, -0.2) is 9.38 Å². The van der Waals surface area contributed by atoms with Crippen LogP contribution in [0.2, 0.25) is 0 Å². The van der Waals surface area contributed by atoms with Gasteiger partial charge >= 0.3 is 0 Å². The number of hydrogen-bond donors (Lipinski definition) is 1. The maximum absolute atomic E-state index is 13.8. The van der Waals surface area contributed by atoms with E-state index in [0.717, 1.165) is 17.5 Å². The third kappa shape index (κ3) is 6.54. The Balaban J connectivity index is 1.15. The van der Waals surface area contributed by atoms with Crippen LogP contribution in [-0.2, 0) is 27.3 Å². The number of hydrogen-bond acceptors (Lipinski definition) is 6. The molecule has 1 unspecified atom stereocenters. The first-order valence-corrected chi connectivity index (χ1v) is 14.9. The number of carbonyl (C=O) groups excluding carboxylic acids is 3. The van der Waals surface area contributed by atoms with Gasteiger partial charge in [-0.05, 0) is 66.4 Å². The average molecular weight is 597 g/mol. The first kappa shape index (κ1) is 28.4. The van der Waals surface area contributed by atoms with Crippen molar-refractivity contribution in [1.29, 1.82) is 0 Å². The standard InChI is InChI=1S/C33H29FN4O4S/c34-24-9-4-10-26(20-24)36-33-38(21-27-11-6-18-42-27)32(41)30(43-33)23-13-15-25(16-14-23)35-31(40)28-12-5-17-37(28)29(39)19-22-7-2-1-3-8-22/h1-4,6-11,13-16,18,20,28,30H,5,12,17,19,21H2,(H,35,40)/b36-33-/t28-,30?/m0/s1. The van der Waals surface area contributed by atoms with E-state index >= 15 is 0 Å². The van der Waals surface area contributed by atoms with Crippen molar-refractivity contribution in [3.8, 4) is 0 Å². The van der Waals surface area contributed by atoms with Gasteiger partial charge in [0.05, 0.1) is 24.9 Å². The highest BCUT2D eigenvalue weighted by molar-refractivity contribution is 8.15. The summed E-state index contributed by atoms with van der Waals surface area (Å²) in [5, 5.41) is 2.80. The fourth-order valence-electron chi connectivity index (χ4n) is 5.29. The summed E-state index contributed by atoms with van der Waals surface area (Å²) >= 11 is 1.28. The number of amidine groups is 1. The summed E-state index contributed by atoms with van der Waals surface area (Å²) < 4.78 is 19.3. The molecule has 218 valence electrons. The maximum Gasteiger partial charge on any atom is 0.247 e. The quantitative estimate of drug-likeness (QED) is 0.266. The number of rotatable bonds is 8. The Bertz CT molecular complexity index is 1640. The predicted molar refractivity (Wildman–Crippen MR) is 163 cm³/mol. The summed E-state index contributed by atoms with van der Waals surface area (Å²) in [4.78, 5) is 47.5. The first-order valence-electron chi connectivity index (χ1n) is 14.0. The lowest BCUT2D eigenvalue weighted by Crippen LogP contribution is -2.43. The van der Waals surface area contributed by atoms with Crippen molar-refractivity contribution in [2.24, 2.45) is 4.99 Å². The number of nitrogens with one attached hydrogen (secondary N) is 1. The Labute approximate surface area is 252 Å². The molecule has 3 amide bonds. The zero-order chi connectivity index (χ0) is 29.8. The Morgan fingerprint density at radius 1 is 1.00 bits per heavy atom. The molecule has 2 saturated heterocycles. The third-order valence-electron chi connectivity index (χ3n) is 7.43. The van der Waals surface area contributed by atoms with E-state index in [1.165, 1.54) is 28.8 Å². The Morgan fingerprint density at radius 3 is 2.56 bits per heavy atom. The zero-order valence-corrected chi connectivity index (χ0v) is 24.0. The number of benzene rings is 3. The molecule has 0 spiro atoms. The summed E-state index contributed by atoms with van der Waals surface area (Å²) in [7, 11) is 0. The molecule has 1 aromatic heterocycles. The van der Waals surface area contributed by atoms with Gasteiger partial charge in [0.1, 0.15) is 22.9 Å². The van der Waals surface area contributed by atoms with E-state index in [2.05, 4.69) is 10.3 Å². The minimum absolute atomic E-state index is 0.0641. The molecule has 0 saturated carbocycles. The summed E-state index contributed by atoms with van der Waals surface area (Å²) in [6, 6.07) is 25.5. The lowest BCUT2D eigenvalue weighted by Gasteiger charge is -2.24. The summed E-state index contributed by atoms with van der Waals surface area (Å²) in [5.74, 6) is -0.281. The van der Waals surface area contributed by atoms with Crippen LogP contribution in [0.3, 0.4) is 0 Å². The van der Waals surface area contributed by atoms with E-state index in [-0.39, 0.29) is 30.7 Å². The van der Waals surface area contributed by atoms with E-state index in [4.69, 9.17) is 4.42 Å². The van der Waals surface area contributed by atoms with Crippen molar-refractivity contribution >= 4 is 46.0 Å². The van der Waals surface area contributed by atoms with Crippen LogP contribution in [0.25, 0.3) is 0 Å². The summed E-state index contributed by atoms with van der Waals surface area (Å²) in [6.45, 7) is 0.746. The van der Waals surface area contributed by atoms with Crippen LogP contribution >= 0.6 is 11.8 Å². The summed E-state index contributed by atoms with van der Waals surface area (Å²) in [5.41, 5.74) is 2.64. The first-order chi connectivity index (χ1) is 20.9. The van der Waals surface area contributed by atoms with E-state index in [0.29, 0.717) is 35.3 Å². The second-order valence-electron chi connectivity index (χ2n) is 10.4. The molecule has 0 bridgehead atoms. The number of anilines is 1. The van der Waals surface area contributed by atoms with Crippen molar-refractivity contribution in [1.82, 2.24) is 9.80 Å². The lowest BCUT2D eigenvalue weighted by atomic mass is 10.1. The minimum atomic E-state index is -0.576. The Hall–Kier alpha value is -4.70. The molecule has 2 aliphatic heterocycles. The van der Waals surface area contributed by atoms with Crippen LogP contribution in [0.1, 0.15) is 35.0 Å². The molecule has 2 aliphatic rings. The van der Waals surface area contributed by atoms with Crippen molar-refractivity contribution in [3.05, 3.63) is 120 Å². The zero-order valence-electron chi connectivity index (χ0n) is 23.2.